The van der Waals surface area contributed by atoms with Gasteiger partial charge in [0.05, 0.1) is 59.1 Å². The lowest BCUT2D eigenvalue weighted by Gasteiger charge is -2.21. The molecule has 15 nitrogen and oxygen atoms in total. The highest BCUT2D eigenvalue weighted by Gasteiger charge is 2.49. The number of imide groups is 1. The number of nitrogens with zero attached hydrogens (tertiary/aromatic N) is 2. The number of phenolic OH excluding ortho intramolecular Hbond substituents is 2. The van der Waals surface area contributed by atoms with Crippen molar-refractivity contribution in [2.45, 2.75) is 36.7 Å². The van der Waals surface area contributed by atoms with Crippen molar-refractivity contribution in [3.63, 3.8) is 0 Å². The van der Waals surface area contributed by atoms with E-state index in [-0.39, 0.29) is 49.9 Å². The maximum absolute atomic E-state index is 14.1. The van der Waals surface area contributed by atoms with Gasteiger partial charge in [-0.2, -0.15) is 0 Å². The van der Waals surface area contributed by atoms with Crippen LogP contribution in [0.25, 0.3) is 43.6 Å². The second-order valence-corrected chi connectivity index (χ2v) is 11.0. The molecule has 230 valence electrons. The van der Waals surface area contributed by atoms with E-state index in [4.69, 9.17) is 4.74 Å². The fourth-order valence-electron chi connectivity index (χ4n) is 6.44. The van der Waals surface area contributed by atoms with E-state index in [0.29, 0.717) is 21.3 Å². The van der Waals surface area contributed by atoms with Gasteiger partial charge in [-0.25, -0.2) is 10.4 Å². The van der Waals surface area contributed by atoms with E-state index in [1.165, 1.54) is 34.9 Å². The van der Waals surface area contributed by atoms with Gasteiger partial charge in [-0.05, 0) is 24.3 Å². The number of hydrogen-bond acceptors (Lipinski definition) is 12. The molecule has 0 aliphatic carbocycles. The first-order valence-corrected chi connectivity index (χ1v) is 13.7. The zero-order valence-corrected chi connectivity index (χ0v) is 22.7. The van der Waals surface area contributed by atoms with Crippen LogP contribution in [0, 0.1) is 0 Å². The van der Waals surface area contributed by atoms with E-state index in [9.17, 15) is 50.4 Å². The van der Waals surface area contributed by atoms with E-state index in [1.807, 2.05) is 0 Å². The minimum Gasteiger partial charge on any atom is -0.508 e. The van der Waals surface area contributed by atoms with E-state index >= 15 is 0 Å². The number of phenols is 2. The second-order valence-electron chi connectivity index (χ2n) is 11.0. The molecule has 0 spiro atoms. The van der Waals surface area contributed by atoms with Crippen LogP contribution in [0.4, 0.5) is 0 Å². The van der Waals surface area contributed by atoms with Crippen LogP contribution >= 0.6 is 0 Å². The predicted octanol–water partition coefficient (Wildman–Crippen LogP) is -0.734. The van der Waals surface area contributed by atoms with Gasteiger partial charge in [0.25, 0.3) is 11.8 Å². The Balaban J connectivity index is 1.63. The normalized spacial score (nSPS) is 22.9. The standard InChI is InChI=1S/C29H28N4O11/c34-7-10(8-35)31-33-27(42)20-18-13-3-1-11(37)5-15(13)30-22(18)23-19(21(20)28(33)43)14-4-2-12(38)6-16(14)32(23)29-25(41)24(40)26(44-29)17(39)9-36/h1-6,10,17,24-26,29-31,34-41H,7-9H2/t17?,24-,25+,26-,29+/m0/s1. The second kappa shape index (κ2) is 10.1. The van der Waals surface area contributed by atoms with Gasteiger partial charge in [0, 0.05) is 33.7 Å². The van der Waals surface area contributed by atoms with Crippen molar-refractivity contribution in [2.24, 2.45) is 0 Å². The van der Waals surface area contributed by atoms with Crippen molar-refractivity contribution in [3.05, 3.63) is 47.5 Å². The molecule has 10 N–H and O–H groups in total. The number of nitrogens with one attached hydrogen (secondary N) is 2. The minimum atomic E-state index is -1.65. The Morgan fingerprint density at radius 1 is 0.864 bits per heavy atom. The van der Waals surface area contributed by atoms with Gasteiger partial charge >= 0.3 is 0 Å². The molecule has 0 radical (unpaired) electrons. The average Bonchev–Trinajstić information content (AvgIpc) is 3.70. The lowest BCUT2D eigenvalue weighted by atomic mass is 9.96. The molecule has 4 heterocycles. The van der Waals surface area contributed by atoms with Crippen LogP contribution < -0.4 is 5.43 Å². The summed E-state index contributed by atoms with van der Waals surface area (Å²) in [5.41, 5.74) is 3.67. The highest BCUT2D eigenvalue weighted by atomic mass is 16.6. The summed E-state index contributed by atoms with van der Waals surface area (Å²) in [4.78, 5) is 31.2. The van der Waals surface area contributed by atoms with Crippen LogP contribution in [0.3, 0.4) is 0 Å². The van der Waals surface area contributed by atoms with Crippen LogP contribution in [-0.4, -0.2) is 118 Å². The maximum atomic E-state index is 14.1. The SMILES string of the molecule is O=C1c2c(c3c4ccc(O)cc4n([C@@H]4O[C@@H](C(O)CO)[C@@H](O)[C@H]4O)c3c3[nH]c4cc(O)ccc4c23)C(=O)N1NC(CO)CO. The third-order valence-corrected chi connectivity index (χ3v) is 8.44. The van der Waals surface area contributed by atoms with Gasteiger partial charge < -0.3 is 55.1 Å². The smallest absolute Gasteiger partial charge is 0.276 e. The number of carbonyl (C=O) groups is 2. The first-order chi connectivity index (χ1) is 21.1. The molecule has 1 fully saturated rings. The van der Waals surface area contributed by atoms with E-state index in [0.717, 1.165) is 0 Å². The van der Waals surface area contributed by atoms with E-state index in [2.05, 4.69) is 10.4 Å². The average molecular weight is 609 g/mol. The number of aromatic amines is 1. The van der Waals surface area contributed by atoms with Gasteiger partial charge in [0.1, 0.15) is 35.9 Å². The quantitative estimate of drug-likeness (QED) is 0.103. The molecule has 2 aromatic heterocycles. The monoisotopic (exact) mass is 608 g/mol. The summed E-state index contributed by atoms with van der Waals surface area (Å²) < 4.78 is 7.38. The third kappa shape index (κ3) is 3.79. The molecule has 2 aliphatic rings. The third-order valence-electron chi connectivity index (χ3n) is 8.44. The fraction of sp³-hybridized carbons (Fsp3) is 0.310. The molecule has 2 amide bonds. The molecule has 5 atom stereocenters. The first-order valence-electron chi connectivity index (χ1n) is 13.7. The van der Waals surface area contributed by atoms with Crippen LogP contribution in [0.1, 0.15) is 26.9 Å². The number of aromatic nitrogens is 2. The van der Waals surface area contributed by atoms with Gasteiger partial charge in [-0.15, -0.1) is 0 Å². The Labute approximate surface area is 246 Å². The number of hydrogen-bond donors (Lipinski definition) is 10. The van der Waals surface area contributed by atoms with Crippen LogP contribution in [0.2, 0.25) is 0 Å². The Kier molecular flexibility index (Phi) is 6.54. The van der Waals surface area contributed by atoms with E-state index < -0.39 is 68.3 Å². The molecular formula is C29H28N4O11. The fourth-order valence-corrected chi connectivity index (χ4v) is 6.44. The van der Waals surface area contributed by atoms with Crippen molar-refractivity contribution in [1.82, 2.24) is 20.0 Å². The molecule has 1 unspecified atom stereocenters. The predicted molar refractivity (Wildman–Crippen MR) is 153 cm³/mol. The number of aliphatic hydroxyl groups is 6. The van der Waals surface area contributed by atoms with Gasteiger partial charge in [0.2, 0.25) is 0 Å². The zero-order chi connectivity index (χ0) is 31.2. The van der Waals surface area contributed by atoms with Crippen molar-refractivity contribution < 1.29 is 55.2 Å². The van der Waals surface area contributed by atoms with Gasteiger partial charge in [-0.1, -0.05) is 0 Å². The molecule has 5 aromatic rings. The minimum absolute atomic E-state index is 0.00908. The van der Waals surface area contributed by atoms with Crippen LogP contribution in [0.5, 0.6) is 11.5 Å². The number of rotatable bonds is 7. The van der Waals surface area contributed by atoms with Crippen LogP contribution in [0.15, 0.2) is 36.4 Å². The molecule has 7 rings (SSSR count). The summed E-state index contributed by atoms with van der Waals surface area (Å²) in [6.07, 6.45) is -7.63. The van der Waals surface area contributed by atoms with Crippen molar-refractivity contribution in [1.29, 1.82) is 0 Å². The number of hydrazine groups is 1. The lowest BCUT2D eigenvalue weighted by Crippen LogP contribution is -2.50. The van der Waals surface area contributed by atoms with Crippen molar-refractivity contribution in [3.8, 4) is 11.5 Å². The van der Waals surface area contributed by atoms with Gasteiger partial charge in [-0.3, -0.25) is 9.59 Å². The number of aliphatic hydroxyl groups excluding tert-OH is 6. The number of carbonyl (C=O) groups excluding carboxylic acids is 2. The zero-order valence-electron chi connectivity index (χ0n) is 22.7. The first kappa shape index (κ1) is 28.5. The molecule has 15 heteroatoms. The highest BCUT2D eigenvalue weighted by molar-refractivity contribution is 6.39. The molecule has 0 saturated carbocycles. The Morgan fingerprint density at radius 3 is 2.16 bits per heavy atom. The summed E-state index contributed by atoms with van der Waals surface area (Å²) in [7, 11) is 0. The summed E-state index contributed by atoms with van der Waals surface area (Å²) in [5, 5.41) is 83.9. The summed E-state index contributed by atoms with van der Waals surface area (Å²) in [5.74, 6) is -1.84. The molecule has 1 saturated heterocycles. The molecule has 0 bridgehead atoms. The van der Waals surface area contributed by atoms with Crippen LogP contribution in [-0.2, 0) is 4.74 Å². The summed E-state index contributed by atoms with van der Waals surface area (Å²) in [6, 6.07) is 7.59. The molecule has 3 aromatic carbocycles. The largest absolute Gasteiger partial charge is 0.508 e. The number of amides is 2. The number of H-pyrrole nitrogens is 1. The topological polar surface area (TPSA) is 241 Å². The lowest BCUT2D eigenvalue weighted by molar-refractivity contribution is -0.0950. The highest BCUT2D eigenvalue weighted by Crippen LogP contribution is 2.48. The Bertz CT molecular complexity index is 2000. The van der Waals surface area contributed by atoms with E-state index in [1.54, 1.807) is 6.07 Å². The van der Waals surface area contributed by atoms with Crippen molar-refractivity contribution >= 4 is 55.4 Å². The summed E-state index contributed by atoms with van der Waals surface area (Å²) in [6.45, 7) is -1.93. The molecule has 2 aliphatic heterocycles. The molecule has 44 heavy (non-hydrogen) atoms. The summed E-state index contributed by atoms with van der Waals surface area (Å²) >= 11 is 0. The Hall–Kier alpha value is -4.32. The number of ether oxygens (including phenoxy) is 1. The number of aromatic hydroxyl groups is 2. The number of fused-ring (bicyclic) bond motifs is 10. The Morgan fingerprint density at radius 2 is 1.50 bits per heavy atom. The maximum Gasteiger partial charge on any atom is 0.276 e. The van der Waals surface area contributed by atoms with Crippen molar-refractivity contribution in [2.75, 3.05) is 19.8 Å². The number of benzene rings is 3. The molecular weight excluding hydrogens is 580 g/mol. The van der Waals surface area contributed by atoms with Gasteiger partial charge in [0.15, 0.2) is 6.23 Å².